The Morgan fingerprint density at radius 3 is 2.67 bits per heavy atom. The third-order valence-electron chi connectivity index (χ3n) is 2.14. The van der Waals surface area contributed by atoms with Crippen molar-refractivity contribution in [3.8, 4) is 0 Å². The number of hydrogen-bond donors (Lipinski definition) is 1. The lowest BCUT2D eigenvalue weighted by atomic mass is 10.4. The van der Waals surface area contributed by atoms with Crippen LogP contribution >= 0.6 is 11.3 Å². The van der Waals surface area contributed by atoms with Gasteiger partial charge in [0, 0.05) is 6.54 Å². The second-order valence-electron chi connectivity index (χ2n) is 3.40. The Kier molecular flexibility index (Phi) is 5.57. The van der Waals surface area contributed by atoms with Crippen LogP contribution in [0, 0.1) is 0 Å². The van der Waals surface area contributed by atoms with E-state index in [4.69, 9.17) is 0 Å². The summed E-state index contributed by atoms with van der Waals surface area (Å²) < 4.78 is 0. The zero-order chi connectivity index (χ0) is 11.1. The van der Waals surface area contributed by atoms with E-state index in [2.05, 4.69) is 41.2 Å². The van der Waals surface area contributed by atoms with Gasteiger partial charge in [0.2, 0.25) is 5.13 Å². The minimum absolute atomic E-state index is 0.904. The number of rotatable bonds is 7. The zero-order valence-electron chi connectivity index (χ0n) is 9.79. The maximum atomic E-state index is 4.17. The molecule has 0 spiro atoms. The van der Waals surface area contributed by atoms with Crippen molar-refractivity contribution in [2.45, 2.75) is 33.7 Å². The van der Waals surface area contributed by atoms with Crippen molar-refractivity contribution in [3.05, 3.63) is 5.01 Å². The summed E-state index contributed by atoms with van der Waals surface area (Å²) in [5.74, 6) is 0. The fourth-order valence-electron chi connectivity index (χ4n) is 1.40. The van der Waals surface area contributed by atoms with Crippen molar-refractivity contribution in [1.82, 2.24) is 15.1 Å². The average molecular weight is 228 g/mol. The summed E-state index contributed by atoms with van der Waals surface area (Å²) in [7, 11) is 0. The van der Waals surface area contributed by atoms with Gasteiger partial charge < -0.3 is 5.32 Å². The van der Waals surface area contributed by atoms with Gasteiger partial charge in [-0.2, -0.15) is 0 Å². The Hall–Kier alpha value is -0.680. The molecule has 0 fully saturated rings. The molecule has 1 aromatic heterocycles. The van der Waals surface area contributed by atoms with Crippen molar-refractivity contribution in [3.63, 3.8) is 0 Å². The summed E-state index contributed by atoms with van der Waals surface area (Å²) in [6.07, 6.45) is 1.19. The van der Waals surface area contributed by atoms with Crippen LogP contribution in [0.4, 0.5) is 5.13 Å². The predicted molar refractivity (Wildman–Crippen MR) is 65.3 cm³/mol. The van der Waals surface area contributed by atoms with Crippen LogP contribution in [0.3, 0.4) is 0 Å². The number of anilines is 1. The maximum absolute atomic E-state index is 4.17. The van der Waals surface area contributed by atoms with Gasteiger partial charge in [0.1, 0.15) is 5.01 Å². The van der Waals surface area contributed by atoms with Gasteiger partial charge in [0.05, 0.1) is 6.54 Å². The molecule has 0 aliphatic rings. The summed E-state index contributed by atoms with van der Waals surface area (Å²) in [6, 6.07) is 0. The van der Waals surface area contributed by atoms with Crippen molar-refractivity contribution < 1.29 is 0 Å². The van der Waals surface area contributed by atoms with Gasteiger partial charge in [0.25, 0.3) is 0 Å². The van der Waals surface area contributed by atoms with E-state index in [1.54, 1.807) is 11.3 Å². The van der Waals surface area contributed by atoms with Gasteiger partial charge in [-0.3, -0.25) is 4.90 Å². The molecule has 4 nitrogen and oxygen atoms in total. The summed E-state index contributed by atoms with van der Waals surface area (Å²) in [5.41, 5.74) is 0. The minimum atomic E-state index is 0.904. The molecule has 0 bridgehead atoms. The molecular formula is C10H20N4S. The smallest absolute Gasteiger partial charge is 0.205 e. The molecule has 1 N–H and O–H groups in total. The van der Waals surface area contributed by atoms with Crippen molar-refractivity contribution >= 4 is 16.5 Å². The highest BCUT2D eigenvalue weighted by atomic mass is 32.1. The third-order valence-corrected chi connectivity index (χ3v) is 3.01. The number of hydrogen-bond acceptors (Lipinski definition) is 5. The molecule has 86 valence electrons. The number of nitrogens with zero attached hydrogens (tertiary/aromatic N) is 3. The fourth-order valence-corrected chi connectivity index (χ4v) is 2.25. The fraction of sp³-hybridized carbons (Fsp3) is 0.800. The van der Waals surface area contributed by atoms with E-state index >= 15 is 0 Å². The van der Waals surface area contributed by atoms with Gasteiger partial charge >= 0.3 is 0 Å². The molecule has 1 rings (SSSR count). The largest absolute Gasteiger partial charge is 0.360 e. The molecule has 5 heteroatoms. The summed E-state index contributed by atoms with van der Waals surface area (Å²) >= 11 is 1.65. The van der Waals surface area contributed by atoms with Gasteiger partial charge in [-0.05, 0) is 26.4 Å². The van der Waals surface area contributed by atoms with Crippen LogP contribution in [0.5, 0.6) is 0 Å². The predicted octanol–water partition coefficient (Wildman–Crippen LogP) is 2.20. The molecular weight excluding hydrogens is 208 g/mol. The minimum Gasteiger partial charge on any atom is -0.360 e. The highest BCUT2D eigenvalue weighted by molar-refractivity contribution is 7.15. The lowest BCUT2D eigenvalue weighted by molar-refractivity contribution is 0.279. The van der Waals surface area contributed by atoms with Crippen molar-refractivity contribution in [1.29, 1.82) is 0 Å². The first kappa shape index (κ1) is 12.4. The number of nitrogens with one attached hydrogen (secondary N) is 1. The molecule has 0 saturated carbocycles. The maximum Gasteiger partial charge on any atom is 0.205 e. The topological polar surface area (TPSA) is 41.1 Å². The van der Waals surface area contributed by atoms with E-state index in [1.807, 2.05) is 0 Å². The Bertz CT molecular complexity index is 274. The molecule has 0 aliphatic carbocycles. The Labute approximate surface area is 95.7 Å². The van der Waals surface area contributed by atoms with Crippen molar-refractivity contribution in [2.75, 3.05) is 25.0 Å². The first-order valence-corrected chi connectivity index (χ1v) is 6.40. The highest BCUT2D eigenvalue weighted by Crippen LogP contribution is 2.16. The molecule has 0 unspecified atom stereocenters. The zero-order valence-corrected chi connectivity index (χ0v) is 10.6. The molecule has 0 radical (unpaired) electrons. The van der Waals surface area contributed by atoms with Crippen molar-refractivity contribution in [2.24, 2.45) is 0 Å². The Morgan fingerprint density at radius 1 is 1.27 bits per heavy atom. The van der Waals surface area contributed by atoms with E-state index in [0.717, 1.165) is 36.3 Å². The quantitative estimate of drug-likeness (QED) is 0.777. The average Bonchev–Trinajstić information content (AvgIpc) is 2.66. The second kappa shape index (κ2) is 6.74. The van der Waals surface area contributed by atoms with E-state index in [9.17, 15) is 0 Å². The summed E-state index contributed by atoms with van der Waals surface area (Å²) in [5, 5.41) is 13.5. The molecule has 0 aromatic carbocycles. The lowest BCUT2D eigenvalue weighted by Crippen LogP contribution is -2.23. The normalized spacial score (nSPS) is 10.9. The summed E-state index contributed by atoms with van der Waals surface area (Å²) in [6.45, 7) is 10.5. The lowest BCUT2D eigenvalue weighted by Gasteiger charge is -2.16. The first-order valence-electron chi connectivity index (χ1n) is 5.58. The monoisotopic (exact) mass is 228 g/mol. The van der Waals surface area contributed by atoms with Crippen LogP contribution < -0.4 is 5.32 Å². The van der Waals surface area contributed by atoms with E-state index in [-0.39, 0.29) is 0 Å². The highest BCUT2D eigenvalue weighted by Gasteiger charge is 2.07. The van der Waals surface area contributed by atoms with Crippen LogP contribution in [-0.4, -0.2) is 34.7 Å². The molecule has 15 heavy (non-hydrogen) atoms. The number of aromatic nitrogens is 2. The van der Waals surface area contributed by atoms with Crippen LogP contribution in [0.2, 0.25) is 0 Å². The molecule has 0 atom stereocenters. The second-order valence-corrected chi connectivity index (χ2v) is 4.46. The van der Waals surface area contributed by atoms with E-state index < -0.39 is 0 Å². The van der Waals surface area contributed by atoms with Crippen LogP contribution in [-0.2, 0) is 6.54 Å². The van der Waals surface area contributed by atoms with Crippen LogP contribution in [0.25, 0.3) is 0 Å². The molecule has 0 saturated heterocycles. The summed E-state index contributed by atoms with van der Waals surface area (Å²) in [4.78, 5) is 2.39. The van der Waals surface area contributed by atoms with Crippen LogP contribution in [0.1, 0.15) is 32.2 Å². The molecule has 1 aromatic rings. The Morgan fingerprint density at radius 2 is 2.07 bits per heavy atom. The van der Waals surface area contributed by atoms with Gasteiger partial charge in [-0.25, -0.2) is 0 Å². The molecule has 1 heterocycles. The van der Waals surface area contributed by atoms with Gasteiger partial charge in [0.15, 0.2) is 0 Å². The Balaban J connectivity index is 2.47. The SMILES string of the molecule is CCCN(CC)Cc1nnc(NCC)s1. The van der Waals surface area contributed by atoms with Gasteiger partial charge in [-0.15, -0.1) is 10.2 Å². The molecule has 0 aliphatic heterocycles. The van der Waals surface area contributed by atoms with Crippen LogP contribution in [0.15, 0.2) is 0 Å². The standard InChI is InChI=1S/C10H20N4S/c1-4-7-14(6-3)8-9-12-13-10(15-9)11-5-2/h4-8H2,1-3H3,(H,11,13). The first-order chi connectivity index (χ1) is 7.30. The van der Waals surface area contributed by atoms with E-state index in [1.165, 1.54) is 6.42 Å². The third kappa shape index (κ3) is 4.13. The molecule has 0 amide bonds. The van der Waals surface area contributed by atoms with Gasteiger partial charge in [-0.1, -0.05) is 25.2 Å². The van der Waals surface area contributed by atoms with E-state index in [0.29, 0.717) is 0 Å².